The third-order valence-corrected chi connectivity index (χ3v) is 2.74. The molecule has 2 nitrogen and oxygen atoms in total. The highest BCUT2D eigenvalue weighted by Gasteiger charge is 2.47. The largest absolute Gasteiger partial charge is 0.450 e. The maximum Gasteiger partial charge on any atom is 0.450 e. The first-order valence-electron chi connectivity index (χ1n) is 5.69. The molecule has 0 spiro atoms. The molecule has 1 rings (SSSR count). The van der Waals surface area contributed by atoms with Crippen molar-refractivity contribution < 1.29 is 19.4 Å². The summed E-state index contributed by atoms with van der Waals surface area (Å²) in [6.45, 7) is 2.19. The fourth-order valence-electron chi connectivity index (χ4n) is 1.92. The third-order valence-electron chi connectivity index (χ3n) is 2.74. The van der Waals surface area contributed by atoms with Crippen LogP contribution in [0.5, 0.6) is 0 Å². The predicted molar refractivity (Wildman–Crippen MR) is 50.5 cm³/mol. The van der Waals surface area contributed by atoms with E-state index in [0.717, 1.165) is 18.2 Å². The van der Waals surface area contributed by atoms with Crippen molar-refractivity contribution in [1.29, 1.82) is 0 Å². The van der Waals surface area contributed by atoms with Crippen molar-refractivity contribution in [3.63, 3.8) is 0 Å². The van der Waals surface area contributed by atoms with Gasteiger partial charge in [-0.3, -0.25) is 4.79 Å². The van der Waals surface area contributed by atoms with Crippen molar-refractivity contribution in [2.24, 2.45) is 5.92 Å². The van der Waals surface area contributed by atoms with Crippen LogP contribution in [0.25, 0.3) is 0 Å². The highest BCUT2D eigenvalue weighted by Crippen LogP contribution is 2.29. The van der Waals surface area contributed by atoms with E-state index < -0.39 is 23.9 Å². The molecule has 1 N–H and O–H groups in total. The Morgan fingerprint density at radius 1 is 1.60 bits per heavy atom. The van der Waals surface area contributed by atoms with Gasteiger partial charge in [0.2, 0.25) is 5.78 Å². The van der Waals surface area contributed by atoms with E-state index in [1.165, 1.54) is 0 Å². The zero-order valence-electron chi connectivity index (χ0n) is 9.68. The topological polar surface area (TPSA) is 29.1 Å². The summed E-state index contributed by atoms with van der Waals surface area (Å²) in [5.74, 6) is -2.70. The highest BCUT2D eigenvalue weighted by molar-refractivity contribution is 5.87. The van der Waals surface area contributed by atoms with Gasteiger partial charge in [-0.25, -0.2) is 0 Å². The molecule has 0 bridgehead atoms. The van der Waals surface area contributed by atoms with Crippen LogP contribution in [-0.4, -0.2) is 24.5 Å². The van der Waals surface area contributed by atoms with Gasteiger partial charge in [-0.1, -0.05) is 19.8 Å². The lowest BCUT2D eigenvalue weighted by atomic mass is 9.92. The fourth-order valence-corrected chi connectivity index (χ4v) is 1.92. The van der Waals surface area contributed by atoms with Crippen LogP contribution < -0.4 is 5.31 Å². The number of rotatable bonds is 4. The number of ketones is 1. The molecule has 88 valence electrons. The van der Waals surface area contributed by atoms with Gasteiger partial charge >= 0.3 is 6.18 Å². The summed E-state index contributed by atoms with van der Waals surface area (Å²) >= 11 is 0. The number of halogens is 3. The summed E-state index contributed by atoms with van der Waals surface area (Å²) in [5.41, 5.74) is 0. The minimum absolute atomic E-state index is 0.149. The molecule has 2 unspecified atom stereocenters. The normalized spacial score (nSPS) is 29.2. The van der Waals surface area contributed by atoms with Crippen LogP contribution in [0.4, 0.5) is 13.2 Å². The zero-order valence-corrected chi connectivity index (χ0v) is 8.68. The maximum atomic E-state index is 12.3. The van der Waals surface area contributed by atoms with Gasteiger partial charge in [0.25, 0.3) is 0 Å². The molecule has 2 atom stereocenters. The number of nitrogens with one attached hydrogen (secondary N) is 1. The van der Waals surface area contributed by atoms with Crippen LogP contribution in [0.2, 0.25) is 1.41 Å². The van der Waals surface area contributed by atoms with Gasteiger partial charge < -0.3 is 5.31 Å². The van der Waals surface area contributed by atoms with Gasteiger partial charge in [0.15, 0.2) is 0 Å². The molecule has 0 aromatic carbocycles. The van der Waals surface area contributed by atoms with E-state index in [1.54, 1.807) is 0 Å². The van der Waals surface area contributed by atoms with E-state index in [9.17, 15) is 18.0 Å². The lowest BCUT2D eigenvalue weighted by Gasteiger charge is -2.19. The molecule has 1 heterocycles. The number of hydrogen-bond acceptors (Lipinski definition) is 2. The van der Waals surface area contributed by atoms with Crippen molar-refractivity contribution in [3.8, 4) is 0 Å². The number of Topliss-reactive ketones (excluding diaryl/α,β-unsaturated/α-hetero) is 1. The average molecular weight is 224 g/mol. The van der Waals surface area contributed by atoms with E-state index in [-0.39, 0.29) is 13.0 Å². The van der Waals surface area contributed by atoms with Gasteiger partial charge in [0, 0.05) is 12.0 Å². The summed E-state index contributed by atoms with van der Waals surface area (Å²) in [6, 6.07) is -0.561. The third kappa shape index (κ3) is 3.19. The quantitative estimate of drug-likeness (QED) is 0.793. The van der Waals surface area contributed by atoms with Crippen LogP contribution >= 0.6 is 0 Å². The van der Waals surface area contributed by atoms with Gasteiger partial charge in [-0.05, 0) is 19.4 Å². The molecular formula is C10H16F3NO. The number of carbonyl (C=O) groups is 1. The van der Waals surface area contributed by atoms with Gasteiger partial charge in [-0.2, -0.15) is 13.2 Å². The van der Waals surface area contributed by atoms with Crippen LogP contribution in [0, 0.1) is 5.92 Å². The van der Waals surface area contributed by atoms with Crippen LogP contribution in [0.1, 0.15) is 32.6 Å². The molecule has 0 aliphatic carbocycles. The van der Waals surface area contributed by atoms with Crippen LogP contribution in [0.3, 0.4) is 0 Å². The Bertz CT molecular complexity index is 257. The number of carbonyl (C=O) groups excluding carboxylic acids is 1. The summed E-state index contributed by atoms with van der Waals surface area (Å²) in [7, 11) is 0. The van der Waals surface area contributed by atoms with Crippen molar-refractivity contribution in [1.82, 2.24) is 5.31 Å². The molecule has 1 saturated heterocycles. The van der Waals surface area contributed by atoms with Crippen LogP contribution in [0.15, 0.2) is 0 Å². The van der Waals surface area contributed by atoms with E-state index in [1.807, 2.05) is 6.92 Å². The van der Waals surface area contributed by atoms with E-state index >= 15 is 0 Å². The van der Waals surface area contributed by atoms with E-state index in [4.69, 9.17) is 1.41 Å². The first-order valence-corrected chi connectivity index (χ1v) is 5.24. The lowest BCUT2D eigenvalue weighted by Crippen LogP contribution is -2.38. The number of hydrogen-bond donors (Lipinski definition) is 1. The van der Waals surface area contributed by atoms with E-state index in [2.05, 4.69) is 0 Å². The molecule has 0 amide bonds. The Morgan fingerprint density at radius 2 is 2.27 bits per heavy atom. The Morgan fingerprint density at radius 3 is 2.80 bits per heavy atom. The molecule has 5 heteroatoms. The first kappa shape index (κ1) is 10.9. The van der Waals surface area contributed by atoms with Gasteiger partial charge in [-0.15, -0.1) is 0 Å². The van der Waals surface area contributed by atoms with Crippen molar-refractivity contribution >= 4 is 5.78 Å². The van der Waals surface area contributed by atoms with Gasteiger partial charge in [0.05, 0.1) is 0 Å². The molecule has 0 aromatic rings. The lowest BCUT2D eigenvalue weighted by molar-refractivity contribution is -0.175. The second-order valence-electron chi connectivity index (χ2n) is 3.87. The average Bonchev–Trinajstić information content (AvgIpc) is 2.54. The van der Waals surface area contributed by atoms with Gasteiger partial charge in [0.1, 0.15) is 1.41 Å². The number of unbranched alkanes of at least 4 members (excludes halogenated alkanes) is 1. The van der Waals surface area contributed by atoms with Crippen molar-refractivity contribution in [2.45, 2.75) is 44.8 Å². The van der Waals surface area contributed by atoms with Crippen molar-refractivity contribution in [3.05, 3.63) is 0 Å². The molecule has 1 fully saturated rings. The first-order chi connectivity index (χ1) is 7.38. The highest BCUT2D eigenvalue weighted by atomic mass is 19.4. The minimum Gasteiger partial charge on any atom is -0.313 e. The second kappa shape index (κ2) is 4.96. The summed E-state index contributed by atoms with van der Waals surface area (Å²) in [4.78, 5) is 11.2. The summed E-state index contributed by atoms with van der Waals surface area (Å²) < 4.78 is 44.4. The maximum absolute atomic E-state index is 12.3. The Kier molecular flexibility index (Phi) is 3.61. The Labute approximate surface area is 88.7 Å². The van der Waals surface area contributed by atoms with E-state index in [0.29, 0.717) is 6.42 Å². The number of alkyl halides is 3. The SMILES string of the molecule is [2H]N1CCC(C(=O)C(F)(F)F)C1CCCC. The molecule has 1 aliphatic heterocycles. The molecule has 0 radical (unpaired) electrons. The molecular weight excluding hydrogens is 207 g/mol. The Balaban J connectivity index is 2.68. The summed E-state index contributed by atoms with van der Waals surface area (Å²) in [6.07, 6.45) is -2.51. The smallest absolute Gasteiger partial charge is 0.313 e. The standard InChI is InChI=1S/C10H16F3NO/c1-2-3-4-8-7(5-6-14-8)9(15)10(11,12)13/h7-8,14H,2-6H2,1H3/i/hD. The zero-order chi connectivity index (χ0) is 12.3. The Hall–Kier alpha value is -0.580. The molecule has 15 heavy (non-hydrogen) atoms. The monoisotopic (exact) mass is 224 g/mol. The molecule has 0 aromatic heterocycles. The predicted octanol–water partition coefficient (Wildman–Crippen LogP) is 2.29. The van der Waals surface area contributed by atoms with Crippen LogP contribution in [-0.2, 0) is 4.79 Å². The molecule has 1 aliphatic rings. The molecule has 0 saturated carbocycles. The second-order valence-corrected chi connectivity index (χ2v) is 3.87. The van der Waals surface area contributed by atoms with Crippen molar-refractivity contribution in [2.75, 3.05) is 6.54 Å². The summed E-state index contributed by atoms with van der Waals surface area (Å²) in [5, 5.41) is 1.13. The minimum atomic E-state index is -4.76. The fraction of sp³-hybridized carbons (Fsp3) is 0.900.